The number of carbonyl (C=O) groups excluding carboxylic acids is 1. The predicted octanol–water partition coefficient (Wildman–Crippen LogP) is 3.84. The van der Waals surface area contributed by atoms with Gasteiger partial charge in [0.1, 0.15) is 13.2 Å². The zero-order valence-corrected chi connectivity index (χ0v) is 14.2. The summed E-state index contributed by atoms with van der Waals surface area (Å²) in [7, 11) is 1.77. The predicted molar refractivity (Wildman–Crippen MR) is 92.3 cm³/mol. The first-order chi connectivity index (χ1) is 11.1. The van der Waals surface area contributed by atoms with Gasteiger partial charge in [0.15, 0.2) is 11.5 Å². The van der Waals surface area contributed by atoms with Gasteiger partial charge in [-0.3, -0.25) is 4.79 Å². The van der Waals surface area contributed by atoms with Crippen LogP contribution in [0.5, 0.6) is 11.5 Å². The van der Waals surface area contributed by atoms with Crippen molar-refractivity contribution >= 4 is 34.9 Å². The highest BCUT2D eigenvalue weighted by Gasteiger charge is 2.11. The summed E-state index contributed by atoms with van der Waals surface area (Å²) in [6.07, 6.45) is 3.33. The monoisotopic (exact) mass is 349 g/mol. The SMILES string of the molecule is CN(Cc1ccc(Cl)s1)C(=O)C=Cc1ccc2c(c1)OCCO2. The highest BCUT2D eigenvalue weighted by molar-refractivity contribution is 7.16. The van der Waals surface area contributed by atoms with Crippen molar-refractivity contribution in [3.8, 4) is 11.5 Å². The van der Waals surface area contributed by atoms with Gasteiger partial charge in [-0.05, 0) is 35.9 Å². The minimum Gasteiger partial charge on any atom is -0.486 e. The number of amides is 1. The minimum absolute atomic E-state index is 0.0654. The van der Waals surface area contributed by atoms with Crippen molar-refractivity contribution in [2.75, 3.05) is 20.3 Å². The van der Waals surface area contributed by atoms with Gasteiger partial charge < -0.3 is 14.4 Å². The van der Waals surface area contributed by atoms with Crippen molar-refractivity contribution in [2.45, 2.75) is 6.54 Å². The van der Waals surface area contributed by atoms with E-state index in [4.69, 9.17) is 21.1 Å². The Morgan fingerprint density at radius 2 is 2.04 bits per heavy atom. The average molecular weight is 350 g/mol. The van der Waals surface area contributed by atoms with Crippen LogP contribution in [0.4, 0.5) is 0 Å². The standard InChI is InChI=1S/C17H16ClNO3S/c1-19(11-13-4-6-16(18)23-13)17(20)7-3-12-2-5-14-15(10-12)22-9-8-21-14/h2-7,10H,8-9,11H2,1H3. The van der Waals surface area contributed by atoms with E-state index < -0.39 is 0 Å². The second kappa shape index (κ2) is 7.06. The summed E-state index contributed by atoms with van der Waals surface area (Å²) in [5.41, 5.74) is 0.898. The quantitative estimate of drug-likeness (QED) is 0.787. The largest absolute Gasteiger partial charge is 0.486 e. The molecule has 0 N–H and O–H groups in total. The van der Waals surface area contributed by atoms with E-state index in [1.54, 1.807) is 24.1 Å². The number of halogens is 1. The van der Waals surface area contributed by atoms with E-state index in [1.807, 2.05) is 30.3 Å². The molecule has 0 unspecified atom stereocenters. The van der Waals surface area contributed by atoms with Crippen molar-refractivity contribution in [1.29, 1.82) is 0 Å². The Morgan fingerprint density at radius 1 is 1.26 bits per heavy atom. The van der Waals surface area contributed by atoms with E-state index in [9.17, 15) is 4.79 Å². The van der Waals surface area contributed by atoms with Crippen LogP contribution in [0.25, 0.3) is 6.08 Å². The van der Waals surface area contributed by atoms with Gasteiger partial charge in [-0.15, -0.1) is 11.3 Å². The first-order valence-electron chi connectivity index (χ1n) is 7.19. The summed E-state index contributed by atoms with van der Waals surface area (Å²) < 4.78 is 11.7. The van der Waals surface area contributed by atoms with Crippen LogP contribution < -0.4 is 9.47 Å². The van der Waals surface area contributed by atoms with Gasteiger partial charge in [-0.2, -0.15) is 0 Å². The molecule has 0 saturated heterocycles. The van der Waals surface area contributed by atoms with Crippen LogP contribution in [0.3, 0.4) is 0 Å². The molecule has 1 aliphatic heterocycles. The summed E-state index contributed by atoms with van der Waals surface area (Å²) >= 11 is 7.38. The lowest BCUT2D eigenvalue weighted by Crippen LogP contribution is -2.23. The van der Waals surface area contributed by atoms with Crippen LogP contribution in [-0.2, 0) is 11.3 Å². The Bertz CT molecular complexity index is 741. The van der Waals surface area contributed by atoms with E-state index >= 15 is 0 Å². The Labute approximate surface area is 143 Å². The molecular formula is C17H16ClNO3S. The number of likely N-dealkylation sites (N-methyl/N-ethyl adjacent to an activating group) is 1. The molecule has 6 heteroatoms. The lowest BCUT2D eigenvalue weighted by Gasteiger charge is -2.18. The molecule has 23 heavy (non-hydrogen) atoms. The van der Waals surface area contributed by atoms with Crippen LogP contribution in [0.2, 0.25) is 4.34 Å². The number of hydrogen-bond donors (Lipinski definition) is 0. The molecule has 1 aromatic carbocycles. The Kier molecular flexibility index (Phi) is 4.88. The Hall–Kier alpha value is -1.98. The second-order valence-corrected chi connectivity index (χ2v) is 6.94. The van der Waals surface area contributed by atoms with Crippen LogP contribution in [-0.4, -0.2) is 31.1 Å². The molecule has 0 bridgehead atoms. The maximum Gasteiger partial charge on any atom is 0.246 e. The molecule has 1 aliphatic rings. The molecule has 1 amide bonds. The number of fused-ring (bicyclic) bond motifs is 1. The van der Waals surface area contributed by atoms with Gasteiger partial charge >= 0.3 is 0 Å². The normalized spacial score (nSPS) is 13.3. The van der Waals surface area contributed by atoms with Crippen LogP contribution in [0.15, 0.2) is 36.4 Å². The van der Waals surface area contributed by atoms with Gasteiger partial charge in [0.05, 0.1) is 10.9 Å². The van der Waals surface area contributed by atoms with Crippen molar-refractivity contribution in [1.82, 2.24) is 4.90 Å². The summed E-state index contributed by atoms with van der Waals surface area (Å²) in [5, 5.41) is 0. The van der Waals surface area contributed by atoms with E-state index in [0.29, 0.717) is 25.5 Å². The number of thiophene rings is 1. The molecule has 4 nitrogen and oxygen atoms in total. The van der Waals surface area contributed by atoms with E-state index in [0.717, 1.165) is 20.5 Å². The lowest BCUT2D eigenvalue weighted by molar-refractivity contribution is -0.125. The molecule has 0 spiro atoms. The molecular weight excluding hydrogens is 334 g/mol. The smallest absolute Gasteiger partial charge is 0.246 e. The second-order valence-electron chi connectivity index (χ2n) is 5.14. The lowest BCUT2D eigenvalue weighted by atomic mass is 10.2. The summed E-state index contributed by atoms with van der Waals surface area (Å²) in [5.74, 6) is 1.39. The first kappa shape index (κ1) is 15.9. The van der Waals surface area contributed by atoms with Crippen LogP contribution in [0.1, 0.15) is 10.4 Å². The van der Waals surface area contributed by atoms with Gasteiger partial charge in [-0.25, -0.2) is 0 Å². The molecule has 2 aromatic rings. The van der Waals surface area contributed by atoms with Gasteiger partial charge in [-0.1, -0.05) is 17.7 Å². The molecule has 0 radical (unpaired) electrons. The Morgan fingerprint density at radius 3 is 2.78 bits per heavy atom. The molecule has 120 valence electrons. The third kappa shape index (κ3) is 4.06. The fourth-order valence-corrected chi connectivity index (χ4v) is 3.35. The summed E-state index contributed by atoms with van der Waals surface area (Å²) in [4.78, 5) is 14.9. The Balaban J connectivity index is 1.63. The number of hydrogen-bond acceptors (Lipinski definition) is 4. The van der Waals surface area contributed by atoms with Crippen LogP contribution >= 0.6 is 22.9 Å². The third-order valence-electron chi connectivity index (χ3n) is 3.38. The molecule has 3 rings (SSSR count). The molecule has 0 aliphatic carbocycles. The average Bonchev–Trinajstić information content (AvgIpc) is 2.97. The summed E-state index contributed by atoms with van der Waals surface area (Å²) in [6.45, 7) is 1.66. The molecule has 0 atom stereocenters. The zero-order valence-electron chi connectivity index (χ0n) is 12.6. The van der Waals surface area contributed by atoms with E-state index in [2.05, 4.69) is 0 Å². The first-order valence-corrected chi connectivity index (χ1v) is 8.38. The van der Waals surface area contributed by atoms with Gasteiger partial charge in [0.2, 0.25) is 5.91 Å². The topological polar surface area (TPSA) is 38.8 Å². The van der Waals surface area contributed by atoms with Crippen molar-refractivity contribution in [2.24, 2.45) is 0 Å². The fourth-order valence-electron chi connectivity index (χ4n) is 2.21. The maximum atomic E-state index is 12.2. The number of ether oxygens (including phenoxy) is 2. The number of nitrogens with zero attached hydrogens (tertiary/aromatic N) is 1. The van der Waals surface area contributed by atoms with Crippen molar-refractivity contribution in [3.63, 3.8) is 0 Å². The number of benzene rings is 1. The third-order valence-corrected chi connectivity index (χ3v) is 4.60. The summed E-state index contributed by atoms with van der Waals surface area (Å²) in [6, 6.07) is 9.40. The molecule has 2 heterocycles. The van der Waals surface area contributed by atoms with Crippen molar-refractivity contribution in [3.05, 3.63) is 51.2 Å². The molecule has 0 saturated carbocycles. The van der Waals surface area contributed by atoms with Gasteiger partial charge in [0.25, 0.3) is 0 Å². The number of carbonyl (C=O) groups is 1. The minimum atomic E-state index is -0.0654. The molecule has 0 fully saturated rings. The van der Waals surface area contributed by atoms with E-state index in [1.165, 1.54) is 11.3 Å². The maximum absolute atomic E-state index is 12.2. The molecule has 1 aromatic heterocycles. The highest BCUT2D eigenvalue weighted by atomic mass is 35.5. The van der Waals surface area contributed by atoms with Crippen LogP contribution in [0, 0.1) is 0 Å². The highest BCUT2D eigenvalue weighted by Crippen LogP contribution is 2.31. The number of rotatable bonds is 4. The fraction of sp³-hybridized carbons (Fsp3) is 0.235. The van der Waals surface area contributed by atoms with Gasteiger partial charge in [0, 0.05) is 18.0 Å². The zero-order chi connectivity index (χ0) is 16.2. The van der Waals surface area contributed by atoms with Crippen molar-refractivity contribution < 1.29 is 14.3 Å². The van der Waals surface area contributed by atoms with E-state index in [-0.39, 0.29) is 5.91 Å².